The van der Waals surface area contributed by atoms with Gasteiger partial charge in [-0.05, 0) is 41.8 Å². The Morgan fingerprint density at radius 2 is 2.11 bits per heavy atom. The molecule has 0 atom stereocenters. The molecule has 1 heterocycles. The second-order valence-corrected chi connectivity index (χ2v) is 5.91. The molecule has 18 heavy (non-hydrogen) atoms. The third-order valence-electron chi connectivity index (χ3n) is 3.57. The Hall–Kier alpha value is -1.28. The minimum absolute atomic E-state index is 0.689. The lowest BCUT2D eigenvalue weighted by Crippen LogP contribution is -2.15. The Kier molecular flexibility index (Phi) is 3.13. The molecule has 0 aliphatic heterocycles. The SMILES string of the molecule is CC(C)Cn1ccc2ccc(CNC3CC3)cc21. The van der Waals surface area contributed by atoms with Crippen LogP contribution in [0.15, 0.2) is 30.5 Å². The van der Waals surface area contributed by atoms with E-state index in [4.69, 9.17) is 0 Å². The number of nitrogens with one attached hydrogen (secondary N) is 1. The number of benzene rings is 1. The van der Waals surface area contributed by atoms with Crippen LogP contribution in [0.4, 0.5) is 0 Å². The van der Waals surface area contributed by atoms with Crippen LogP contribution in [0.2, 0.25) is 0 Å². The minimum atomic E-state index is 0.689. The van der Waals surface area contributed by atoms with E-state index in [1.165, 1.54) is 29.3 Å². The summed E-state index contributed by atoms with van der Waals surface area (Å²) in [5.41, 5.74) is 2.77. The summed E-state index contributed by atoms with van der Waals surface area (Å²) < 4.78 is 2.38. The van der Waals surface area contributed by atoms with E-state index >= 15 is 0 Å². The van der Waals surface area contributed by atoms with E-state index < -0.39 is 0 Å². The second-order valence-electron chi connectivity index (χ2n) is 5.91. The monoisotopic (exact) mass is 242 g/mol. The normalized spacial score (nSPS) is 15.7. The lowest BCUT2D eigenvalue weighted by atomic mass is 10.1. The fourth-order valence-electron chi connectivity index (χ4n) is 2.44. The van der Waals surface area contributed by atoms with Crippen molar-refractivity contribution in [2.45, 2.75) is 45.8 Å². The summed E-state index contributed by atoms with van der Waals surface area (Å²) in [5, 5.41) is 4.93. The van der Waals surface area contributed by atoms with Crippen LogP contribution in [0, 0.1) is 5.92 Å². The maximum Gasteiger partial charge on any atom is 0.0483 e. The molecule has 1 aliphatic rings. The van der Waals surface area contributed by atoms with Gasteiger partial charge in [0.1, 0.15) is 0 Å². The van der Waals surface area contributed by atoms with Gasteiger partial charge in [-0.1, -0.05) is 26.0 Å². The Labute approximate surface area is 109 Å². The van der Waals surface area contributed by atoms with E-state index in [9.17, 15) is 0 Å². The molecule has 96 valence electrons. The Bertz CT molecular complexity index is 535. The first kappa shape index (κ1) is 11.8. The molecule has 1 aromatic carbocycles. The predicted octanol–water partition coefficient (Wildman–Crippen LogP) is 3.55. The van der Waals surface area contributed by atoms with Gasteiger partial charge in [0.2, 0.25) is 0 Å². The standard InChI is InChI=1S/C16H22N2/c1-12(2)11-18-8-7-14-4-3-13(9-16(14)18)10-17-15-5-6-15/h3-4,7-9,12,15,17H,5-6,10-11H2,1-2H3. The molecule has 1 aliphatic carbocycles. The molecule has 0 amide bonds. The summed E-state index contributed by atoms with van der Waals surface area (Å²) in [5.74, 6) is 0.689. The van der Waals surface area contributed by atoms with Crippen molar-refractivity contribution in [2.24, 2.45) is 5.92 Å². The molecule has 0 bridgehead atoms. The molecule has 1 N–H and O–H groups in total. The van der Waals surface area contributed by atoms with Gasteiger partial charge >= 0.3 is 0 Å². The molecule has 1 fully saturated rings. The molecule has 2 aromatic rings. The molecule has 3 rings (SSSR count). The molecule has 0 unspecified atom stereocenters. The summed E-state index contributed by atoms with van der Waals surface area (Å²) in [6.07, 6.45) is 4.92. The first-order chi connectivity index (χ1) is 8.72. The fourth-order valence-corrected chi connectivity index (χ4v) is 2.44. The van der Waals surface area contributed by atoms with Gasteiger partial charge in [0.25, 0.3) is 0 Å². The number of rotatable bonds is 5. The Morgan fingerprint density at radius 1 is 1.28 bits per heavy atom. The summed E-state index contributed by atoms with van der Waals surface area (Å²) in [7, 11) is 0. The van der Waals surface area contributed by atoms with Crippen LogP contribution < -0.4 is 5.32 Å². The van der Waals surface area contributed by atoms with Crippen LogP contribution in [0.3, 0.4) is 0 Å². The zero-order valence-corrected chi connectivity index (χ0v) is 11.3. The van der Waals surface area contributed by atoms with Crippen LogP contribution in [0.5, 0.6) is 0 Å². The lowest BCUT2D eigenvalue weighted by molar-refractivity contribution is 0.535. The maximum atomic E-state index is 3.58. The van der Waals surface area contributed by atoms with E-state index in [2.05, 4.69) is 54.2 Å². The van der Waals surface area contributed by atoms with E-state index in [1.54, 1.807) is 0 Å². The third-order valence-corrected chi connectivity index (χ3v) is 3.57. The van der Waals surface area contributed by atoms with Crippen molar-refractivity contribution in [1.29, 1.82) is 0 Å². The average molecular weight is 242 g/mol. The Morgan fingerprint density at radius 3 is 2.83 bits per heavy atom. The van der Waals surface area contributed by atoms with Gasteiger partial charge in [-0.3, -0.25) is 0 Å². The lowest BCUT2D eigenvalue weighted by Gasteiger charge is -2.09. The first-order valence-electron chi connectivity index (χ1n) is 7.03. The maximum absolute atomic E-state index is 3.58. The van der Waals surface area contributed by atoms with Crippen molar-refractivity contribution >= 4 is 10.9 Å². The summed E-state index contributed by atoms with van der Waals surface area (Å²) in [6.45, 7) is 6.64. The van der Waals surface area contributed by atoms with Gasteiger partial charge in [-0.25, -0.2) is 0 Å². The molecule has 0 saturated heterocycles. The van der Waals surface area contributed by atoms with Gasteiger partial charge in [0.05, 0.1) is 0 Å². The number of nitrogens with zero attached hydrogens (tertiary/aromatic N) is 1. The smallest absolute Gasteiger partial charge is 0.0483 e. The molecule has 0 radical (unpaired) electrons. The summed E-state index contributed by atoms with van der Waals surface area (Å²) in [6, 6.07) is 9.83. The largest absolute Gasteiger partial charge is 0.347 e. The quantitative estimate of drug-likeness (QED) is 0.848. The number of aromatic nitrogens is 1. The molecule has 2 heteroatoms. The number of fused-ring (bicyclic) bond motifs is 1. The third kappa shape index (κ3) is 2.59. The predicted molar refractivity (Wildman–Crippen MR) is 76.6 cm³/mol. The van der Waals surface area contributed by atoms with Crippen molar-refractivity contribution in [3.63, 3.8) is 0 Å². The van der Waals surface area contributed by atoms with E-state index in [1.807, 2.05) is 0 Å². The van der Waals surface area contributed by atoms with E-state index in [0.717, 1.165) is 19.1 Å². The van der Waals surface area contributed by atoms with Crippen LogP contribution in [0.25, 0.3) is 10.9 Å². The first-order valence-corrected chi connectivity index (χ1v) is 7.03. The van der Waals surface area contributed by atoms with Crippen molar-refractivity contribution in [3.8, 4) is 0 Å². The highest BCUT2D eigenvalue weighted by atomic mass is 15.0. The fraction of sp³-hybridized carbons (Fsp3) is 0.500. The highest BCUT2D eigenvalue weighted by Gasteiger charge is 2.19. The zero-order valence-electron chi connectivity index (χ0n) is 11.3. The molecular formula is C16H22N2. The van der Waals surface area contributed by atoms with Crippen LogP contribution in [-0.2, 0) is 13.1 Å². The van der Waals surface area contributed by atoms with Gasteiger partial charge < -0.3 is 9.88 Å². The molecule has 0 spiro atoms. The molecule has 1 aromatic heterocycles. The topological polar surface area (TPSA) is 17.0 Å². The van der Waals surface area contributed by atoms with Gasteiger partial charge in [0, 0.05) is 30.8 Å². The molecular weight excluding hydrogens is 220 g/mol. The van der Waals surface area contributed by atoms with Crippen molar-refractivity contribution in [1.82, 2.24) is 9.88 Å². The number of hydrogen-bond donors (Lipinski definition) is 1. The van der Waals surface area contributed by atoms with E-state index in [0.29, 0.717) is 5.92 Å². The van der Waals surface area contributed by atoms with Crippen molar-refractivity contribution in [3.05, 3.63) is 36.0 Å². The van der Waals surface area contributed by atoms with Gasteiger partial charge in [0.15, 0.2) is 0 Å². The van der Waals surface area contributed by atoms with Crippen molar-refractivity contribution in [2.75, 3.05) is 0 Å². The molecule has 2 nitrogen and oxygen atoms in total. The number of hydrogen-bond acceptors (Lipinski definition) is 1. The van der Waals surface area contributed by atoms with Gasteiger partial charge in [-0.15, -0.1) is 0 Å². The van der Waals surface area contributed by atoms with Crippen LogP contribution in [0.1, 0.15) is 32.3 Å². The van der Waals surface area contributed by atoms with E-state index in [-0.39, 0.29) is 0 Å². The van der Waals surface area contributed by atoms with Gasteiger partial charge in [-0.2, -0.15) is 0 Å². The summed E-state index contributed by atoms with van der Waals surface area (Å²) >= 11 is 0. The summed E-state index contributed by atoms with van der Waals surface area (Å²) in [4.78, 5) is 0. The zero-order chi connectivity index (χ0) is 12.5. The van der Waals surface area contributed by atoms with Crippen LogP contribution in [-0.4, -0.2) is 10.6 Å². The second kappa shape index (κ2) is 4.77. The minimum Gasteiger partial charge on any atom is -0.347 e. The molecule has 1 saturated carbocycles. The Balaban J connectivity index is 1.83. The highest BCUT2D eigenvalue weighted by molar-refractivity contribution is 5.80. The van der Waals surface area contributed by atoms with Crippen LogP contribution >= 0.6 is 0 Å². The highest BCUT2D eigenvalue weighted by Crippen LogP contribution is 2.21. The average Bonchev–Trinajstić information content (AvgIpc) is 3.10. The van der Waals surface area contributed by atoms with Crippen molar-refractivity contribution < 1.29 is 0 Å².